The van der Waals surface area contributed by atoms with Gasteiger partial charge in [0.05, 0.1) is 20.3 Å². The maximum Gasteiger partial charge on any atom is 0.241 e. The van der Waals surface area contributed by atoms with Gasteiger partial charge in [-0.2, -0.15) is 0 Å². The molecule has 7 heteroatoms. The normalized spacial score (nSPS) is 24.3. The Hall–Kier alpha value is -1.34. The number of carbonyl (C=O) groups is 1. The number of carbonyl (C=O) groups excluding carboxylic acids is 1. The molecule has 0 radical (unpaired) electrons. The predicted octanol–water partition coefficient (Wildman–Crippen LogP) is 2.05. The number of halogens is 1. The minimum Gasteiger partial charge on any atom is -0.497 e. The van der Waals surface area contributed by atoms with Crippen molar-refractivity contribution in [3.05, 3.63) is 23.8 Å². The van der Waals surface area contributed by atoms with Crippen LogP contribution in [0.15, 0.2) is 18.2 Å². The largest absolute Gasteiger partial charge is 0.497 e. The van der Waals surface area contributed by atoms with Crippen molar-refractivity contribution in [1.82, 2.24) is 10.2 Å². The van der Waals surface area contributed by atoms with Crippen LogP contribution in [0.25, 0.3) is 0 Å². The third-order valence-corrected chi connectivity index (χ3v) is 5.50. The van der Waals surface area contributed by atoms with E-state index in [0.29, 0.717) is 25.7 Å². The first-order valence-electron chi connectivity index (χ1n) is 9.31. The zero-order valence-corrected chi connectivity index (χ0v) is 17.8. The number of hydrogen-bond acceptors (Lipinski definition) is 5. The first kappa shape index (κ1) is 22.0. The second-order valence-electron chi connectivity index (χ2n) is 8.09. The third kappa shape index (κ3) is 4.57. The van der Waals surface area contributed by atoms with Gasteiger partial charge in [0.25, 0.3) is 0 Å². The van der Waals surface area contributed by atoms with Gasteiger partial charge in [0.15, 0.2) is 0 Å². The van der Waals surface area contributed by atoms with Gasteiger partial charge in [-0.05, 0) is 30.7 Å². The Morgan fingerprint density at radius 2 is 2.07 bits per heavy atom. The monoisotopic (exact) mass is 397 g/mol. The molecule has 1 saturated heterocycles. The maximum atomic E-state index is 13.2. The van der Waals surface area contributed by atoms with Crippen LogP contribution in [0.1, 0.15) is 26.3 Å². The summed E-state index contributed by atoms with van der Waals surface area (Å²) in [5.74, 6) is 0.986. The van der Waals surface area contributed by atoms with Crippen molar-refractivity contribution in [3.63, 3.8) is 0 Å². The predicted molar refractivity (Wildman–Crippen MR) is 110 cm³/mol. The minimum atomic E-state index is -0.0811. The van der Waals surface area contributed by atoms with Crippen LogP contribution >= 0.6 is 12.4 Å². The molecule has 0 aromatic heterocycles. The summed E-state index contributed by atoms with van der Waals surface area (Å²) >= 11 is 0. The van der Waals surface area contributed by atoms with Crippen molar-refractivity contribution in [2.75, 3.05) is 51.9 Å². The number of ether oxygens (including phenoxy) is 2. The molecule has 1 aromatic rings. The van der Waals surface area contributed by atoms with E-state index in [-0.39, 0.29) is 29.8 Å². The van der Waals surface area contributed by atoms with Gasteiger partial charge in [-0.25, -0.2) is 0 Å². The lowest BCUT2D eigenvalue weighted by Crippen LogP contribution is -2.59. The van der Waals surface area contributed by atoms with Gasteiger partial charge >= 0.3 is 0 Å². The number of fused-ring (bicyclic) bond motifs is 1. The highest BCUT2D eigenvalue weighted by atomic mass is 35.5. The molecule has 1 fully saturated rings. The molecule has 27 heavy (non-hydrogen) atoms. The van der Waals surface area contributed by atoms with E-state index in [0.717, 1.165) is 24.5 Å². The molecule has 0 saturated carbocycles. The van der Waals surface area contributed by atoms with E-state index in [1.807, 2.05) is 17.0 Å². The highest BCUT2D eigenvalue weighted by Gasteiger charge is 2.39. The van der Waals surface area contributed by atoms with Gasteiger partial charge in [0, 0.05) is 49.9 Å². The SMILES string of the molecule is COC[C@H]1CN[C@H](C)CN1CC(=O)N1CC(C)(C)c2cc(OC)ccc21.Cl. The summed E-state index contributed by atoms with van der Waals surface area (Å²) in [6.07, 6.45) is 0. The van der Waals surface area contributed by atoms with Gasteiger partial charge in [-0.3, -0.25) is 9.69 Å². The molecule has 1 N–H and O–H groups in total. The van der Waals surface area contributed by atoms with E-state index in [1.165, 1.54) is 5.56 Å². The fraction of sp³-hybridized carbons (Fsp3) is 0.650. The molecule has 2 atom stereocenters. The average Bonchev–Trinajstić information content (AvgIpc) is 2.88. The summed E-state index contributed by atoms with van der Waals surface area (Å²) in [5, 5.41) is 3.47. The molecule has 0 unspecified atom stereocenters. The molecule has 1 amide bonds. The van der Waals surface area contributed by atoms with Crippen molar-refractivity contribution in [2.45, 2.75) is 38.3 Å². The van der Waals surface area contributed by atoms with E-state index < -0.39 is 0 Å². The van der Waals surface area contributed by atoms with E-state index in [2.05, 4.69) is 37.1 Å². The van der Waals surface area contributed by atoms with Crippen LogP contribution < -0.4 is 15.0 Å². The van der Waals surface area contributed by atoms with Crippen molar-refractivity contribution in [2.24, 2.45) is 0 Å². The summed E-state index contributed by atoms with van der Waals surface area (Å²) in [4.78, 5) is 17.4. The maximum absolute atomic E-state index is 13.2. The van der Waals surface area contributed by atoms with Crippen LogP contribution in [0.2, 0.25) is 0 Å². The van der Waals surface area contributed by atoms with E-state index in [1.54, 1.807) is 14.2 Å². The molecule has 2 aliphatic heterocycles. The quantitative estimate of drug-likeness (QED) is 0.824. The molecule has 1 aromatic carbocycles. The van der Waals surface area contributed by atoms with Crippen molar-refractivity contribution >= 4 is 24.0 Å². The second kappa shape index (κ2) is 8.78. The lowest BCUT2D eigenvalue weighted by molar-refractivity contribution is -0.121. The number of amides is 1. The average molecular weight is 398 g/mol. The summed E-state index contributed by atoms with van der Waals surface area (Å²) in [5.41, 5.74) is 2.10. The Morgan fingerprint density at radius 1 is 1.33 bits per heavy atom. The van der Waals surface area contributed by atoms with Crippen molar-refractivity contribution in [3.8, 4) is 5.75 Å². The molecule has 152 valence electrons. The smallest absolute Gasteiger partial charge is 0.241 e. The molecule has 2 aliphatic rings. The van der Waals surface area contributed by atoms with Gasteiger partial charge in [0.1, 0.15) is 5.75 Å². The molecule has 0 bridgehead atoms. The number of piperazine rings is 1. The topological polar surface area (TPSA) is 54.0 Å². The Bertz CT molecular complexity index is 668. The van der Waals surface area contributed by atoms with Crippen LogP contribution in [-0.2, 0) is 14.9 Å². The standard InChI is InChI=1S/C20H31N3O3.ClH/c1-14-10-22(15(9-21-14)12-25-4)11-19(24)23-13-20(2,3)17-8-16(26-5)6-7-18(17)23;/h6-8,14-15,21H,9-13H2,1-5H3;1H/t14-,15-;/m1./s1. The van der Waals surface area contributed by atoms with Crippen LogP contribution in [0.5, 0.6) is 5.75 Å². The second-order valence-corrected chi connectivity index (χ2v) is 8.09. The first-order chi connectivity index (χ1) is 12.4. The van der Waals surface area contributed by atoms with Crippen molar-refractivity contribution < 1.29 is 14.3 Å². The Balaban J connectivity index is 0.00000261. The summed E-state index contributed by atoms with van der Waals surface area (Å²) < 4.78 is 10.7. The lowest BCUT2D eigenvalue weighted by Gasteiger charge is -2.39. The van der Waals surface area contributed by atoms with Crippen LogP contribution in [-0.4, -0.2) is 69.9 Å². The summed E-state index contributed by atoms with van der Waals surface area (Å²) in [6.45, 7) is 9.96. The molecule has 0 aliphatic carbocycles. The Kier molecular flexibility index (Phi) is 7.14. The molecule has 3 rings (SSSR count). The number of anilines is 1. The van der Waals surface area contributed by atoms with E-state index in [4.69, 9.17) is 9.47 Å². The highest BCUT2D eigenvalue weighted by molar-refractivity contribution is 5.97. The molecular weight excluding hydrogens is 366 g/mol. The fourth-order valence-corrected chi connectivity index (χ4v) is 4.05. The number of methoxy groups -OCH3 is 2. The molecule has 2 heterocycles. The number of nitrogens with zero attached hydrogens (tertiary/aromatic N) is 2. The zero-order chi connectivity index (χ0) is 18.9. The number of rotatable bonds is 5. The van der Waals surface area contributed by atoms with Crippen LogP contribution in [0.4, 0.5) is 5.69 Å². The van der Waals surface area contributed by atoms with Crippen LogP contribution in [0, 0.1) is 0 Å². The fourth-order valence-electron chi connectivity index (χ4n) is 4.05. The minimum absolute atomic E-state index is 0. The number of hydrogen-bond donors (Lipinski definition) is 1. The zero-order valence-electron chi connectivity index (χ0n) is 16.9. The summed E-state index contributed by atoms with van der Waals surface area (Å²) in [6, 6.07) is 6.60. The van der Waals surface area contributed by atoms with Crippen molar-refractivity contribution in [1.29, 1.82) is 0 Å². The molecule has 6 nitrogen and oxygen atoms in total. The Labute approximate surface area is 168 Å². The molecule has 0 spiro atoms. The van der Waals surface area contributed by atoms with E-state index >= 15 is 0 Å². The van der Waals surface area contributed by atoms with E-state index in [9.17, 15) is 4.79 Å². The van der Waals surface area contributed by atoms with Crippen LogP contribution in [0.3, 0.4) is 0 Å². The number of benzene rings is 1. The first-order valence-corrected chi connectivity index (χ1v) is 9.31. The third-order valence-electron chi connectivity index (χ3n) is 5.50. The van der Waals surface area contributed by atoms with Gasteiger partial charge in [0.2, 0.25) is 5.91 Å². The summed E-state index contributed by atoms with van der Waals surface area (Å²) in [7, 11) is 3.39. The highest BCUT2D eigenvalue weighted by Crippen LogP contribution is 2.42. The van der Waals surface area contributed by atoms with Gasteiger partial charge in [-0.15, -0.1) is 12.4 Å². The van der Waals surface area contributed by atoms with Gasteiger partial charge in [-0.1, -0.05) is 13.8 Å². The number of nitrogens with one attached hydrogen (secondary N) is 1. The molecular formula is C20H32ClN3O3. The Morgan fingerprint density at radius 3 is 2.74 bits per heavy atom. The van der Waals surface area contributed by atoms with Gasteiger partial charge < -0.3 is 19.7 Å². The lowest BCUT2D eigenvalue weighted by atomic mass is 9.87.